The summed E-state index contributed by atoms with van der Waals surface area (Å²) in [6.07, 6.45) is 7.16. The Balaban J connectivity index is 2.52. The Bertz CT molecular complexity index is 257. The van der Waals surface area contributed by atoms with Crippen LogP contribution in [0.4, 0.5) is 0 Å². The van der Waals surface area contributed by atoms with Crippen molar-refractivity contribution >= 4 is 10.8 Å². The Morgan fingerprint density at radius 2 is 2.06 bits per heavy atom. The number of hydrogen-bond acceptors (Lipinski definition) is 2. The van der Waals surface area contributed by atoms with Gasteiger partial charge < -0.3 is 5.32 Å². The van der Waals surface area contributed by atoms with Crippen LogP contribution in [0.2, 0.25) is 0 Å². The maximum absolute atomic E-state index is 12.7. The quantitative estimate of drug-likeness (QED) is 0.769. The second-order valence-electron chi connectivity index (χ2n) is 5.90. The van der Waals surface area contributed by atoms with Gasteiger partial charge in [-0.05, 0) is 45.1 Å². The molecule has 0 saturated heterocycles. The maximum atomic E-state index is 12.7. The highest BCUT2D eigenvalue weighted by Gasteiger charge is 2.30. The summed E-state index contributed by atoms with van der Waals surface area (Å²) in [5.74, 6) is 0.767. The Hall–Kier alpha value is 0.110. The van der Waals surface area contributed by atoms with Gasteiger partial charge in [-0.3, -0.25) is 4.21 Å². The van der Waals surface area contributed by atoms with Gasteiger partial charge in [-0.15, -0.1) is 0 Å². The zero-order valence-electron chi connectivity index (χ0n) is 12.6. The van der Waals surface area contributed by atoms with E-state index in [1.807, 2.05) is 0 Å². The molecule has 18 heavy (non-hydrogen) atoms. The van der Waals surface area contributed by atoms with Crippen LogP contribution in [0, 0.1) is 5.92 Å². The van der Waals surface area contributed by atoms with E-state index in [2.05, 4.69) is 33.0 Å². The highest BCUT2D eigenvalue weighted by molar-refractivity contribution is 7.86. The molecule has 5 unspecified atom stereocenters. The van der Waals surface area contributed by atoms with E-state index in [1.54, 1.807) is 0 Å². The third-order valence-electron chi connectivity index (χ3n) is 4.25. The van der Waals surface area contributed by atoms with Crippen LogP contribution in [0.3, 0.4) is 0 Å². The van der Waals surface area contributed by atoms with Crippen LogP contribution >= 0.6 is 0 Å². The number of rotatable bonds is 7. The van der Waals surface area contributed by atoms with E-state index in [9.17, 15) is 4.21 Å². The molecule has 0 spiro atoms. The van der Waals surface area contributed by atoms with Gasteiger partial charge in [-0.25, -0.2) is 0 Å². The van der Waals surface area contributed by atoms with E-state index < -0.39 is 10.8 Å². The SMILES string of the molecule is CCCNC(CC)C(C)S(=O)C1CCCC(C)C1. The highest BCUT2D eigenvalue weighted by Crippen LogP contribution is 2.29. The first-order valence-corrected chi connectivity index (χ1v) is 9.00. The summed E-state index contributed by atoms with van der Waals surface area (Å²) >= 11 is 0. The minimum absolute atomic E-state index is 0.289. The molecule has 1 saturated carbocycles. The zero-order chi connectivity index (χ0) is 13.5. The number of hydrogen-bond donors (Lipinski definition) is 1. The van der Waals surface area contributed by atoms with Gasteiger partial charge in [0, 0.05) is 27.3 Å². The molecule has 0 aromatic heterocycles. The molecule has 1 aliphatic carbocycles. The van der Waals surface area contributed by atoms with Crippen molar-refractivity contribution in [3.63, 3.8) is 0 Å². The van der Waals surface area contributed by atoms with Crippen molar-refractivity contribution in [1.82, 2.24) is 5.32 Å². The second-order valence-corrected chi connectivity index (χ2v) is 7.96. The molecule has 0 aromatic carbocycles. The van der Waals surface area contributed by atoms with Crippen LogP contribution in [0.5, 0.6) is 0 Å². The molecule has 3 heteroatoms. The lowest BCUT2D eigenvalue weighted by atomic mass is 9.90. The van der Waals surface area contributed by atoms with Crippen molar-refractivity contribution in [3.05, 3.63) is 0 Å². The zero-order valence-corrected chi connectivity index (χ0v) is 13.4. The highest BCUT2D eigenvalue weighted by atomic mass is 32.2. The monoisotopic (exact) mass is 273 g/mol. The molecule has 5 atom stereocenters. The molecule has 2 nitrogen and oxygen atoms in total. The molecule has 0 radical (unpaired) electrons. The number of nitrogens with one attached hydrogen (secondary N) is 1. The van der Waals surface area contributed by atoms with E-state index >= 15 is 0 Å². The topological polar surface area (TPSA) is 29.1 Å². The Labute approximate surface area is 116 Å². The van der Waals surface area contributed by atoms with Crippen LogP contribution in [0.25, 0.3) is 0 Å². The third-order valence-corrected chi connectivity index (χ3v) is 6.39. The fourth-order valence-corrected chi connectivity index (χ4v) is 5.16. The van der Waals surface area contributed by atoms with Crippen LogP contribution in [-0.4, -0.2) is 27.3 Å². The fourth-order valence-electron chi connectivity index (χ4n) is 3.03. The third kappa shape index (κ3) is 4.65. The van der Waals surface area contributed by atoms with Crippen LogP contribution in [-0.2, 0) is 10.8 Å². The average Bonchev–Trinajstić information content (AvgIpc) is 2.38. The Morgan fingerprint density at radius 1 is 1.33 bits per heavy atom. The summed E-state index contributed by atoms with van der Waals surface area (Å²) in [5.41, 5.74) is 0. The van der Waals surface area contributed by atoms with Gasteiger partial charge in [0.05, 0.1) is 0 Å². The Kier molecular flexibility index (Phi) is 7.47. The van der Waals surface area contributed by atoms with Gasteiger partial charge in [-0.2, -0.15) is 0 Å². The van der Waals surface area contributed by atoms with E-state index in [4.69, 9.17) is 0 Å². The van der Waals surface area contributed by atoms with Crippen molar-refractivity contribution in [1.29, 1.82) is 0 Å². The van der Waals surface area contributed by atoms with Crippen LogP contribution < -0.4 is 5.32 Å². The van der Waals surface area contributed by atoms with Crippen molar-refractivity contribution in [2.24, 2.45) is 5.92 Å². The largest absolute Gasteiger partial charge is 0.313 e. The molecule has 0 bridgehead atoms. The average molecular weight is 273 g/mol. The van der Waals surface area contributed by atoms with Gasteiger partial charge in [0.15, 0.2) is 0 Å². The molecule has 0 heterocycles. The van der Waals surface area contributed by atoms with E-state index in [0.29, 0.717) is 11.3 Å². The van der Waals surface area contributed by atoms with Crippen molar-refractivity contribution < 1.29 is 4.21 Å². The van der Waals surface area contributed by atoms with Crippen molar-refractivity contribution in [3.8, 4) is 0 Å². The molecular formula is C15H31NOS. The summed E-state index contributed by atoms with van der Waals surface area (Å²) < 4.78 is 12.7. The lowest BCUT2D eigenvalue weighted by molar-refractivity contribution is 0.385. The summed E-state index contributed by atoms with van der Waals surface area (Å²) in [7, 11) is -0.668. The van der Waals surface area contributed by atoms with E-state index in [1.165, 1.54) is 25.7 Å². The molecule has 0 aromatic rings. The first kappa shape index (κ1) is 16.2. The molecule has 0 amide bonds. The predicted molar refractivity (Wildman–Crippen MR) is 81.4 cm³/mol. The minimum atomic E-state index is -0.668. The van der Waals surface area contributed by atoms with Gasteiger partial charge in [0.2, 0.25) is 0 Å². The molecular weight excluding hydrogens is 242 g/mol. The Morgan fingerprint density at radius 3 is 2.61 bits per heavy atom. The molecule has 1 rings (SSSR count). The summed E-state index contributed by atoms with van der Waals surface area (Å²) in [5, 5.41) is 4.29. The van der Waals surface area contributed by atoms with Gasteiger partial charge in [0.1, 0.15) is 0 Å². The predicted octanol–water partition coefficient (Wildman–Crippen LogP) is 3.48. The smallest absolute Gasteiger partial charge is 0.0475 e. The second kappa shape index (κ2) is 8.31. The first-order chi connectivity index (χ1) is 8.60. The standard InChI is InChI=1S/C15H31NOS/c1-5-10-16-15(6-2)13(4)18(17)14-9-7-8-12(3)11-14/h12-16H,5-11H2,1-4H3. The van der Waals surface area contributed by atoms with E-state index in [-0.39, 0.29) is 5.25 Å². The molecule has 1 aliphatic rings. The fraction of sp³-hybridized carbons (Fsp3) is 1.00. The first-order valence-electron chi connectivity index (χ1n) is 7.72. The van der Waals surface area contributed by atoms with E-state index in [0.717, 1.165) is 25.3 Å². The van der Waals surface area contributed by atoms with Crippen LogP contribution in [0.15, 0.2) is 0 Å². The molecule has 0 aliphatic heterocycles. The molecule has 1 fully saturated rings. The summed E-state index contributed by atoms with van der Waals surface area (Å²) in [6.45, 7) is 9.91. The van der Waals surface area contributed by atoms with Crippen LogP contribution in [0.1, 0.15) is 66.2 Å². The molecule has 108 valence electrons. The van der Waals surface area contributed by atoms with Gasteiger partial charge in [-0.1, -0.05) is 33.6 Å². The van der Waals surface area contributed by atoms with Gasteiger partial charge in [0.25, 0.3) is 0 Å². The van der Waals surface area contributed by atoms with Crippen molar-refractivity contribution in [2.75, 3.05) is 6.54 Å². The lowest BCUT2D eigenvalue weighted by Gasteiger charge is -2.31. The maximum Gasteiger partial charge on any atom is 0.0475 e. The summed E-state index contributed by atoms with van der Waals surface area (Å²) in [6, 6.07) is 0.419. The van der Waals surface area contributed by atoms with Crippen molar-refractivity contribution in [2.45, 2.75) is 82.8 Å². The minimum Gasteiger partial charge on any atom is -0.313 e. The lowest BCUT2D eigenvalue weighted by Crippen LogP contribution is -2.43. The normalized spacial score (nSPS) is 29.8. The van der Waals surface area contributed by atoms with Gasteiger partial charge >= 0.3 is 0 Å². The molecule has 1 N–H and O–H groups in total. The summed E-state index contributed by atoms with van der Waals surface area (Å²) in [4.78, 5) is 0.